The van der Waals surface area contributed by atoms with Gasteiger partial charge in [-0.05, 0) is 62.6 Å². The smallest absolute Gasteiger partial charge is 0.351 e. The number of alkyl halides is 3. The lowest BCUT2D eigenvalue weighted by Crippen LogP contribution is -2.53. The second-order valence-corrected chi connectivity index (χ2v) is 8.21. The average Bonchev–Trinajstić information content (AvgIpc) is 2.76. The molecular weight excluding hydrogens is 417 g/mol. The van der Waals surface area contributed by atoms with Crippen LogP contribution in [0.15, 0.2) is 36.8 Å². The summed E-state index contributed by atoms with van der Waals surface area (Å²) in [5.41, 5.74) is 3.27. The van der Waals surface area contributed by atoms with Crippen molar-refractivity contribution in [1.29, 1.82) is 0 Å². The van der Waals surface area contributed by atoms with E-state index in [4.69, 9.17) is 0 Å². The topological polar surface area (TPSA) is 58.0 Å². The van der Waals surface area contributed by atoms with Crippen molar-refractivity contribution in [2.24, 2.45) is 0 Å². The Morgan fingerprint density at radius 1 is 1.03 bits per heavy atom. The summed E-state index contributed by atoms with van der Waals surface area (Å²) in [6.07, 6.45) is 0.385. The molecule has 0 amide bonds. The van der Waals surface area contributed by atoms with E-state index in [9.17, 15) is 13.2 Å². The van der Waals surface area contributed by atoms with E-state index >= 15 is 0 Å². The zero-order chi connectivity index (χ0) is 23.0. The molecule has 1 saturated heterocycles. The fourth-order valence-corrected chi connectivity index (χ4v) is 4.14. The molecule has 0 radical (unpaired) electrons. The van der Waals surface area contributed by atoms with Crippen LogP contribution in [0.3, 0.4) is 0 Å². The van der Waals surface area contributed by atoms with E-state index < -0.39 is 11.7 Å². The first-order chi connectivity index (χ1) is 15.2. The van der Waals surface area contributed by atoms with Crippen LogP contribution < -0.4 is 9.80 Å². The molecule has 1 unspecified atom stereocenters. The minimum atomic E-state index is -4.40. The fourth-order valence-electron chi connectivity index (χ4n) is 4.14. The first-order valence-corrected chi connectivity index (χ1v) is 10.5. The predicted octanol–water partition coefficient (Wildman–Crippen LogP) is 4.59. The fraction of sp³-hybridized carbons (Fsp3) is 0.391. The summed E-state index contributed by atoms with van der Waals surface area (Å²) < 4.78 is 40.0. The van der Waals surface area contributed by atoms with Crippen molar-refractivity contribution in [2.75, 3.05) is 29.4 Å². The quantitative estimate of drug-likeness (QED) is 0.591. The van der Waals surface area contributed by atoms with Gasteiger partial charge in [0.15, 0.2) is 5.82 Å². The van der Waals surface area contributed by atoms with Gasteiger partial charge in [0.05, 0.1) is 11.3 Å². The normalized spacial score (nSPS) is 17.0. The Kier molecular flexibility index (Phi) is 5.75. The third-order valence-corrected chi connectivity index (χ3v) is 6.05. The summed E-state index contributed by atoms with van der Waals surface area (Å²) in [5.74, 6) is 1.15. The summed E-state index contributed by atoms with van der Waals surface area (Å²) >= 11 is 0. The molecule has 0 spiro atoms. The summed E-state index contributed by atoms with van der Waals surface area (Å²) in [6, 6.07) is 4.93. The number of aryl methyl sites for hydroxylation is 1. The van der Waals surface area contributed by atoms with Gasteiger partial charge in [-0.2, -0.15) is 13.2 Å². The van der Waals surface area contributed by atoms with Gasteiger partial charge in [-0.3, -0.25) is 4.98 Å². The van der Waals surface area contributed by atoms with Gasteiger partial charge in [-0.15, -0.1) is 10.2 Å². The third-order valence-electron chi connectivity index (χ3n) is 6.05. The number of piperazine rings is 1. The van der Waals surface area contributed by atoms with E-state index in [1.165, 1.54) is 13.1 Å². The summed E-state index contributed by atoms with van der Waals surface area (Å²) in [4.78, 5) is 12.5. The molecule has 4 rings (SSSR count). The molecule has 1 fully saturated rings. The lowest BCUT2D eigenvalue weighted by molar-refractivity contribution is -0.138. The first-order valence-electron chi connectivity index (χ1n) is 10.5. The zero-order valence-corrected chi connectivity index (χ0v) is 18.5. The highest BCUT2D eigenvalue weighted by molar-refractivity contribution is 5.66. The number of pyridine rings is 2. The Morgan fingerprint density at radius 3 is 2.47 bits per heavy atom. The Balaban J connectivity index is 1.56. The largest absolute Gasteiger partial charge is 0.416 e. The van der Waals surface area contributed by atoms with Gasteiger partial charge in [0.25, 0.3) is 0 Å². The molecule has 0 saturated carbocycles. The summed E-state index contributed by atoms with van der Waals surface area (Å²) in [6.45, 7) is 9.22. The molecule has 4 heterocycles. The van der Waals surface area contributed by atoms with Crippen molar-refractivity contribution in [1.82, 2.24) is 20.2 Å². The third kappa shape index (κ3) is 4.11. The average molecular weight is 442 g/mol. The van der Waals surface area contributed by atoms with Gasteiger partial charge >= 0.3 is 6.18 Å². The Labute approximate surface area is 185 Å². The molecule has 168 valence electrons. The van der Waals surface area contributed by atoms with Crippen molar-refractivity contribution >= 4 is 11.6 Å². The van der Waals surface area contributed by atoms with Crippen LogP contribution in [0.5, 0.6) is 0 Å². The summed E-state index contributed by atoms with van der Waals surface area (Å²) in [5, 5.41) is 8.95. The van der Waals surface area contributed by atoms with Crippen molar-refractivity contribution < 1.29 is 13.2 Å². The van der Waals surface area contributed by atoms with Crippen LogP contribution >= 0.6 is 0 Å². The van der Waals surface area contributed by atoms with Crippen molar-refractivity contribution in [3.63, 3.8) is 0 Å². The molecule has 3 aromatic rings. The first kappa shape index (κ1) is 22.0. The van der Waals surface area contributed by atoms with Crippen LogP contribution in [0.25, 0.3) is 11.3 Å². The van der Waals surface area contributed by atoms with Gasteiger partial charge in [0.2, 0.25) is 0 Å². The zero-order valence-electron chi connectivity index (χ0n) is 18.5. The molecule has 0 bridgehead atoms. The molecule has 0 aliphatic carbocycles. The lowest BCUT2D eigenvalue weighted by Gasteiger charge is -2.41. The van der Waals surface area contributed by atoms with Crippen LogP contribution in [-0.2, 0) is 6.18 Å². The number of hydrogen-bond donors (Lipinski definition) is 0. The Bertz CT molecular complexity index is 1120. The monoisotopic (exact) mass is 442 g/mol. The van der Waals surface area contributed by atoms with E-state index in [0.29, 0.717) is 25.5 Å². The lowest BCUT2D eigenvalue weighted by atomic mass is 10.0. The SMILES string of the molecule is Cc1cnc(N2CCN(c3nnc(-c4cccnc4)c(C)c3C)CC2C)cc1C(F)(F)F. The van der Waals surface area contributed by atoms with E-state index in [1.54, 1.807) is 12.4 Å². The molecule has 32 heavy (non-hydrogen) atoms. The maximum atomic E-state index is 13.3. The van der Waals surface area contributed by atoms with E-state index in [0.717, 1.165) is 34.3 Å². The maximum absolute atomic E-state index is 13.3. The minimum Gasteiger partial charge on any atom is -0.351 e. The molecule has 1 aliphatic rings. The molecule has 3 aromatic heterocycles. The van der Waals surface area contributed by atoms with Gasteiger partial charge in [0.1, 0.15) is 5.82 Å². The number of rotatable bonds is 3. The van der Waals surface area contributed by atoms with Gasteiger partial charge in [0, 0.05) is 49.8 Å². The molecule has 1 aliphatic heterocycles. The van der Waals surface area contributed by atoms with E-state index in [2.05, 4.69) is 25.1 Å². The molecule has 9 heteroatoms. The van der Waals surface area contributed by atoms with Crippen LogP contribution in [0.4, 0.5) is 24.8 Å². The van der Waals surface area contributed by atoms with E-state index in [-0.39, 0.29) is 11.6 Å². The highest BCUT2D eigenvalue weighted by atomic mass is 19.4. The predicted molar refractivity (Wildman–Crippen MR) is 118 cm³/mol. The highest BCUT2D eigenvalue weighted by Crippen LogP contribution is 2.34. The number of hydrogen-bond acceptors (Lipinski definition) is 6. The van der Waals surface area contributed by atoms with Gasteiger partial charge in [-0.1, -0.05) is 0 Å². The highest BCUT2D eigenvalue weighted by Gasteiger charge is 2.34. The minimum absolute atomic E-state index is 0.0421. The van der Waals surface area contributed by atoms with Crippen LogP contribution in [-0.4, -0.2) is 45.8 Å². The molecule has 0 aromatic carbocycles. The van der Waals surface area contributed by atoms with Crippen LogP contribution in [0.1, 0.15) is 29.2 Å². The standard InChI is InChI=1S/C23H25F3N6/c1-14-11-28-20(10-19(14)23(24,25)26)32-9-8-31(13-15(32)2)22-17(4)16(3)21(29-30-22)18-6-5-7-27-12-18/h5-7,10-12,15H,8-9,13H2,1-4H3. The Morgan fingerprint density at radius 2 is 1.81 bits per heavy atom. The Hall–Kier alpha value is -3.23. The molecule has 0 N–H and O–H groups in total. The summed E-state index contributed by atoms with van der Waals surface area (Å²) in [7, 11) is 0. The number of aromatic nitrogens is 4. The van der Waals surface area contributed by atoms with Crippen LogP contribution in [0.2, 0.25) is 0 Å². The second kappa shape index (κ2) is 8.37. The number of anilines is 2. The second-order valence-electron chi connectivity index (χ2n) is 8.21. The van der Waals surface area contributed by atoms with E-state index in [1.807, 2.05) is 37.8 Å². The molecule has 1 atom stereocenters. The van der Waals surface area contributed by atoms with Crippen LogP contribution in [0, 0.1) is 20.8 Å². The van der Waals surface area contributed by atoms with Gasteiger partial charge in [-0.25, -0.2) is 4.98 Å². The molecule has 6 nitrogen and oxygen atoms in total. The van der Waals surface area contributed by atoms with Gasteiger partial charge < -0.3 is 9.80 Å². The van der Waals surface area contributed by atoms with Crippen molar-refractivity contribution in [3.8, 4) is 11.3 Å². The number of nitrogens with zero attached hydrogens (tertiary/aromatic N) is 6. The van der Waals surface area contributed by atoms with Crippen molar-refractivity contribution in [2.45, 2.75) is 39.9 Å². The van der Waals surface area contributed by atoms with Crippen molar-refractivity contribution in [3.05, 3.63) is 59.0 Å². The maximum Gasteiger partial charge on any atom is 0.416 e. The molecular formula is C23H25F3N6. The number of halogens is 3.